The Morgan fingerprint density at radius 1 is 1.10 bits per heavy atom. The molecule has 5 aromatic rings. The number of methoxy groups -OCH3 is 1. The minimum Gasteiger partial charge on any atom is -0.496 e. The number of halogens is 1. The number of nitrogens with zero attached hydrogens (tertiary/aromatic N) is 3. The first-order valence-electron chi connectivity index (χ1n) is 12.2. The molecular formula is C29H27FN6O3. The topological polar surface area (TPSA) is 139 Å². The summed E-state index contributed by atoms with van der Waals surface area (Å²) in [7, 11) is 1.43. The number of nitrogens with two attached hydrogens (primary N) is 1. The largest absolute Gasteiger partial charge is 0.496 e. The van der Waals surface area contributed by atoms with Gasteiger partial charge in [-0.05, 0) is 43.7 Å². The molecule has 0 spiro atoms. The van der Waals surface area contributed by atoms with Crippen LogP contribution in [0.25, 0.3) is 33.4 Å². The van der Waals surface area contributed by atoms with Gasteiger partial charge in [-0.3, -0.25) is 19.9 Å². The number of hydrogen-bond acceptors (Lipinski definition) is 7. The summed E-state index contributed by atoms with van der Waals surface area (Å²) in [5.74, 6) is -0.355. The number of aromatic nitrogens is 4. The number of ether oxygens (including phenoxy) is 1. The van der Waals surface area contributed by atoms with E-state index in [1.165, 1.54) is 19.2 Å². The maximum Gasteiger partial charge on any atom is 0.255 e. The second kappa shape index (κ2) is 10.1. The third-order valence-electron chi connectivity index (χ3n) is 6.46. The van der Waals surface area contributed by atoms with Gasteiger partial charge in [-0.15, -0.1) is 0 Å². The zero-order valence-electron chi connectivity index (χ0n) is 21.6. The number of H-pyrrole nitrogens is 1. The predicted octanol–water partition coefficient (Wildman–Crippen LogP) is 4.57. The number of aliphatic hydroxyl groups is 1. The second-order valence-electron chi connectivity index (χ2n) is 9.59. The van der Waals surface area contributed by atoms with Crippen molar-refractivity contribution in [3.63, 3.8) is 0 Å². The maximum atomic E-state index is 13.6. The third kappa shape index (κ3) is 5.14. The second-order valence-corrected chi connectivity index (χ2v) is 9.59. The number of hydrogen-bond donors (Lipinski definition) is 4. The van der Waals surface area contributed by atoms with Gasteiger partial charge in [-0.25, -0.2) is 4.39 Å². The monoisotopic (exact) mass is 526 g/mol. The molecule has 5 rings (SSSR count). The lowest BCUT2D eigenvalue weighted by molar-refractivity contribution is 0.0782. The van der Waals surface area contributed by atoms with E-state index in [-0.39, 0.29) is 12.1 Å². The van der Waals surface area contributed by atoms with Gasteiger partial charge >= 0.3 is 0 Å². The molecule has 3 heterocycles. The van der Waals surface area contributed by atoms with Crippen molar-refractivity contribution >= 4 is 22.6 Å². The fourth-order valence-corrected chi connectivity index (χ4v) is 4.29. The van der Waals surface area contributed by atoms with Crippen molar-refractivity contribution in [2.24, 2.45) is 0 Å². The van der Waals surface area contributed by atoms with Crippen molar-refractivity contribution in [1.82, 2.24) is 25.5 Å². The third-order valence-corrected chi connectivity index (χ3v) is 6.46. The fraction of sp³-hybridized carbons (Fsp3) is 0.172. The zero-order valence-corrected chi connectivity index (χ0v) is 21.6. The summed E-state index contributed by atoms with van der Waals surface area (Å²) in [6.07, 6.45) is 3.35. The number of amides is 1. The van der Waals surface area contributed by atoms with Crippen LogP contribution >= 0.6 is 0 Å². The summed E-state index contributed by atoms with van der Waals surface area (Å²) in [6.45, 7) is 3.64. The van der Waals surface area contributed by atoms with E-state index in [1.807, 2.05) is 36.4 Å². The zero-order chi connectivity index (χ0) is 27.7. The van der Waals surface area contributed by atoms with Crippen LogP contribution in [0.2, 0.25) is 0 Å². The van der Waals surface area contributed by atoms with Crippen LogP contribution in [0.15, 0.2) is 67.0 Å². The Kier molecular flexibility index (Phi) is 6.71. The van der Waals surface area contributed by atoms with Gasteiger partial charge in [0.2, 0.25) is 0 Å². The number of fused-ring (bicyclic) bond motifs is 1. The van der Waals surface area contributed by atoms with Crippen LogP contribution in [0.4, 0.5) is 10.2 Å². The number of carbonyl (C=O) groups excluding carboxylic acids is 1. The van der Waals surface area contributed by atoms with E-state index in [0.29, 0.717) is 39.4 Å². The van der Waals surface area contributed by atoms with Crippen LogP contribution in [0.3, 0.4) is 0 Å². The van der Waals surface area contributed by atoms with Crippen molar-refractivity contribution < 1.29 is 19.0 Å². The minimum absolute atomic E-state index is 0.125. The molecule has 0 saturated heterocycles. The standard InChI is InChI=1S/C29H27FN6O3/c1-29(2,38)18-8-10-22(32-14-18)21-15-33-25(24-26(21)35-36-27(24)31)17-6-4-16(5-7-17)13-34-28(37)20-12-19(30)9-11-23(20)39-3/h4-12,14-15,38H,13H2,1-3H3,(H,34,37)(H3,31,35,36). The van der Waals surface area contributed by atoms with Gasteiger partial charge < -0.3 is 20.9 Å². The van der Waals surface area contributed by atoms with Crippen molar-refractivity contribution in [2.75, 3.05) is 12.8 Å². The molecule has 0 bridgehead atoms. The summed E-state index contributed by atoms with van der Waals surface area (Å²) in [4.78, 5) is 21.8. The number of aromatic amines is 1. The molecule has 0 saturated carbocycles. The van der Waals surface area contributed by atoms with Gasteiger partial charge in [-0.2, -0.15) is 5.10 Å². The Labute approximate surface area is 223 Å². The highest BCUT2D eigenvalue weighted by atomic mass is 19.1. The van der Waals surface area contributed by atoms with Gasteiger partial charge in [0.1, 0.15) is 11.6 Å². The molecule has 0 aliphatic rings. The van der Waals surface area contributed by atoms with E-state index in [4.69, 9.17) is 10.5 Å². The van der Waals surface area contributed by atoms with Crippen LogP contribution < -0.4 is 15.8 Å². The summed E-state index contributed by atoms with van der Waals surface area (Å²) < 4.78 is 18.8. The lowest BCUT2D eigenvalue weighted by atomic mass is 9.99. The SMILES string of the molecule is COc1ccc(F)cc1C(=O)NCc1ccc(-c2ncc(-c3ccc(C(C)(C)O)cn3)c3[nH]nc(N)c23)cc1. The summed E-state index contributed by atoms with van der Waals surface area (Å²) >= 11 is 0. The summed E-state index contributed by atoms with van der Waals surface area (Å²) in [5.41, 5.74) is 10.4. The van der Waals surface area contributed by atoms with Crippen LogP contribution in [0, 0.1) is 5.82 Å². The van der Waals surface area contributed by atoms with Crippen molar-refractivity contribution in [3.05, 3.63) is 89.5 Å². The quantitative estimate of drug-likeness (QED) is 0.244. The molecule has 39 heavy (non-hydrogen) atoms. The highest BCUT2D eigenvalue weighted by Gasteiger charge is 2.20. The molecule has 0 aliphatic carbocycles. The molecule has 0 fully saturated rings. The van der Waals surface area contributed by atoms with Crippen molar-refractivity contribution in [1.29, 1.82) is 0 Å². The lowest BCUT2D eigenvalue weighted by Gasteiger charge is -2.17. The molecule has 10 heteroatoms. The predicted molar refractivity (Wildman–Crippen MR) is 146 cm³/mol. The van der Waals surface area contributed by atoms with E-state index in [0.717, 1.165) is 22.8 Å². The van der Waals surface area contributed by atoms with Gasteiger partial charge in [0.25, 0.3) is 5.91 Å². The number of rotatable bonds is 7. The number of nitrogen functional groups attached to an aromatic ring is 1. The Hall–Kier alpha value is -4.83. The van der Waals surface area contributed by atoms with Gasteiger partial charge in [0, 0.05) is 35.6 Å². The van der Waals surface area contributed by atoms with E-state index in [2.05, 4.69) is 25.5 Å². The highest BCUT2D eigenvalue weighted by Crippen LogP contribution is 2.35. The first-order chi connectivity index (χ1) is 18.7. The number of carbonyl (C=O) groups is 1. The molecule has 5 N–H and O–H groups in total. The van der Waals surface area contributed by atoms with Crippen LogP contribution in [0.1, 0.15) is 35.3 Å². The molecule has 198 valence electrons. The first kappa shape index (κ1) is 25.8. The molecule has 2 aromatic carbocycles. The molecule has 0 radical (unpaired) electrons. The van der Waals surface area contributed by atoms with E-state index >= 15 is 0 Å². The van der Waals surface area contributed by atoms with Gasteiger partial charge in [0.15, 0.2) is 5.82 Å². The van der Waals surface area contributed by atoms with E-state index in [9.17, 15) is 14.3 Å². The molecule has 0 aliphatic heterocycles. The number of pyridine rings is 2. The maximum absolute atomic E-state index is 13.6. The van der Waals surface area contributed by atoms with Gasteiger partial charge in [0.05, 0.1) is 40.6 Å². The Morgan fingerprint density at radius 3 is 2.54 bits per heavy atom. The number of benzene rings is 2. The Balaban J connectivity index is 1.39. The van der Waals surface area contributed by atoms with Crippen molar-refractivity contribution in [2.45, 2.75) is 26.0 Å². The van der Waals surface area contributed by atoms with Crippen LogP contribution in [-0.4, -0.2) is 38.3 Å². The molecule has 0 atom stereocenters. The average Bonchev–Trinajstić information content (AvgIpc) is 3.32. The fourth-order valence-electron chi connectivity index (χ4n) is 4.29. The molecular weight excluding hydrogens is 499 g/mol. The highest BCUT2D eigenvalue weighted by molar-refractivity contribution is 6.05. The minimum atomic E-state index is -0.997. The van der Waals surface area contributed by atoms with Crippen LogP contribution in [-0.2, 0) is 12.1 Å². The first-order valence-corrected chi connectivity index (χ1v) is 12.2. The smallest absolute Gasteiger partial charge is 0.255 e. The molecule has 0 unspecified atom stereocenters. The van der Waals surface area contributed by atoms with E-state index < -0.39 is 17.3 Å². The lowest BCUT2D eigenvalue weighted by Crippen LogP contribution is -2.23. The average molecular weight is 527 g/mol. The molecule has 9 nitrogen and oxygen atoms in total. The normalized spacial score (nSPS) is 11.5. The van der Waals surface area contributed by atoms with Gasteiger partial charge in [-0.1, -0.05) is 30.3 Å². The van der Waals surface area contributed by atoms with Crippen LogP contribution in [0.5, 0.6) is 5.75 Å². The molecule has 3 aromatic heterocycles. The molecule has 1 amide bonds. The Bertz CT molecular complexity index is 1660. The Morgan fingerprint density at radius 2 is 1.87 bits per heavy atom. The summed E-state index contributed by atoms with van der Waals surface area (Å²) in [5, 5.41) is 20.9. The van der Waals surface area contributed by atoms with Crippen molar-refractivity contribution in [3.8, 4) is 28.3 Å². The summed E-state index contributed by atoms with van der Waals surface area (Å²) in [6, 6.07) is 14.9. The van der Waals surface area contributed by atoms with E-state index in [1.54, 1.807) is 26.2 Å². The number of nitrogens with one attached hydrogen (secondary N) is 2. The number of anilines is 1.